The number of rotatable bonds is 4. The third-order valence-corrected chi connectivity index (χ3v) is 7.20. The van der Waals surface area contributed by atoms with Gasteiger partial charge in [0.1, 0.15) is 13.2 Å². The van der Waals surface area contributed by atoms with E-state index < -0.39 is 9.84 Å². The fraction of sp³-hybridized carbons (Fsp3) is 0.409. The molecule has 0 saturated carbocycles. The summed E-state index contributed by atoms with van der Waals surface area (Å²) in [6, 6.07) is 8.00. The van der Waals surface area contributed by atoms with E-state index in [1.54, 1.807) is 18.2 Å². The summed E-state index contributed by atoms with van der Waals surface area (Å²) in [6.07, 6.45) is 2.58. The van der Waals surface area contributed by atoms with Crippen LogP contribution in [0.4, 0.5) is 5.88 Å². The highest BCUT2D eigenvalue weighted by Gasteiger charge is 2.35. The van der Waals surface area contributed by atoms with Gasteiger partial charge in [-0.2, -0.15) is 4.98 Å². The van der Waals surface area contributed by atoms with Crippen molar-refractivity contribution >= 4 is 15.7 Å². The Kier molecular flexibility index (Phi) is 4.92. The predicted octanol–water partition coefficient (Wildman–Crippen LogP) is 4.02. The summed E-state index contributed by atoms with van der Waals surface area (Å²) >= 11 is 0. The van der Waals surface area contributed by atoms with Gasteiger partial charge in [-0.15, -0.1) is 0 Å². The van der Waals surface area contributed by atoms with Gasteiger partial charge in [-0.3, -0.25) is 0 Å². The molecule has 4 heterocycles. The molecule has 31 heavy (non-hydrogen) atoms. The minimum atomic E-state index is -3.98. The van der Waals surface area contributed by atoms with E-state index in [9.17, 15) is 8.42 Å². The number of fused-ring (bicyclic) bond motifs is 1. The molecule has 1 saturated heterocycles. The molecule has 2 aliphatic rings. The van der Waals surface area contributed by atoms with Crippen molar-refractivity contribution in [1.82, 2.24) is 4.98 Å². The highest BCUT2D eigenvalue weighted by Crippen LogP contribution is 2.39. The van der Waals surface area contributed by atoms with Crippen LogP contribution in [0.15, 0.2) is 55.4 Å². The quantitative estimate of drug-likeness (QED) is 0.595. The average molecular weight is 445 g/mol. The minimum absolute atomic E-state index is 0.0791. The zero-order chi connectivity index (χ0) is 21.6. The Balaban J connectivity index is 1.61. The summed E-state index contributed by atoms with van der Waals surface area (Å²) in [5, 5.41) is -0.114. The number of oxazole rings is 1. The molecule has 2 atom stereocenters. The van der Waals surface area contributed by atoms with E-state index in [1.165, 1.54) is 18.4 Å². The Bertz CT molecular complexity index is 1170. The number of anilines is 1. The van der Waals surface area contributed by atoms with Gasteiger partial charge in [0, 0.05) is 19.2 Å². The Morgan fingerprint density at radius 1 is 1.03 bits per heavy atom. The summed E-state index contributed by atoms with van der Waals surface area (Å²) in [5.74, 6) is 2.52. The lowest BCUT2D eigenvalue weighted by Gasteiger charge is -2.34. The van der Waals surface area contributed by atoms with Crippen molar-refractivity contribution in [3.05, 3.63) is 36.6 Å². The number of benzene rings is 1. The highest BCUT2D eigenvalue weighted by atomic mass is 32.2. The molecule has 0 amide bonds. The van der Waals surface area contributed by atoms with Crippen molar-refractivity contribution in [2.45, 2.75) is 30.2 Å². The molecule has 3 aromatic rings. The van der Waals surface area contributed by atoms with Crippen LogP contribution in [0.3, 0.4) is 0 Å². The molecule has 1 fully saturated rings. The van der Waals surface area contributed by atoms with Crippen molar-refractivity contribution in [2.24, 2.45) is 11.8 Å². The van der Waals surface area contributed by atoms with Crippen LogP contribution in [0.2, 0.25) is 0 Å². The number of sulfone groups is 1. The topological polar surface area (TPSA) is 95.0 Å². The van der Waals surface area contributed by atoms with Crippen molar-refractivity contribution < 1.29 is 26.7 Å². The number of nitrogens with zero attached hydrogens (tertiary/aromatic N) is 2. The molecule has 164 valence electrons. The third kappa shape index (κ3) is 3.67. The molecule has 2 aliphatic heterocycles. The maximum absolute atomic E-state index is 13.7. The molecule has 9 heteroatoms. The van der Waals surface area contributed by atoms with Crippen LogP contribution >= 0.6 is 0 Å². The lowest BCUT2D eigenvalue weighted by atomic mass is 9.92. The van der Waals surface area contributed by atoms with Gasteiger partial charge in [0.2, 0.25) is 20.7 Å². The highest BCUT2D eigenvalue weighted by molar-refractivity contribution is 7.91. The van der Waals surface area contributed by atoms with Gasteiger partial charge in [0.05, 0.1) is 11.2 Å². The molecule has 1 aromatic carbocycles. The van der Waals surface area contributed by atoms with Crippen LogP contribution in [0.5, 0.6) is 11.5 Å². The first kappa shape index (κ1) is 20.0. The van der Waals surface area contributed by atoms with Gasteiger partial charge < -0.3 is 23.2 Å². The van der Waals surface area contributed by atoms with E-state index in [0.717, 1.165) is 6.42 Å². The number of aromatic nitrogens is 1. The van der Waals surface area contributed by atoms with Gasteiger partial charge >= 0.3 is 0 Å². The van der Waals surface area contributed by atoms with Crippen molar-refractivity contribution in [3.8, 4) is 23.1 Å². The van der Waals surface area contributed by atoms with Gasteiger partial charge in [0.25, 0.3) is 5.89 Å². The largest absolute Gasteiger partial charge is 0.486 e. The van der Waals surface area contributed by atoms with E-state index in [4.69, 9.17) is 18.3 Å². The van der Waals surface area contributed by atoms with Crippen LogP contribution in [-0.2, 0) is 9.84 Å². The van der Waals surface area contributed by atoms with Gasteiger partial charge in [-0.1, -0.05) is 13.8 Å². The zero-order valence-corrected chi connectivity index (χ0v) is 18.2. The number of hydrogen-bond acceptors (Lipinski definition) is 8. The molecule has 8 nitrogen and oxygen atoms in total. The van der Waals surface area contributed by atoms with E-state index in [1.807, 2.05) is 4.90 Å². The average Bonchev–Trinajstić information content (AvgIpc) is 3.43. The van der Waals surface area contributed by atoms with E-state index >= 15 is 0 Å². The molecule has 0 radical (unpaired) electrons. The molecule has 2 aromatic heterocycles. The number of piperidine rings is 1. The van der Waals surface area contributed by atoms with Crippen molar-refractivity contribution in [2.75, 3.05) is 31.2 Å². The van der Waals surface area contributed by atoms with Crippen molar-refractivity contribution in [3.63, 3.8) is 0 Å². The molecule has 5 rings (SSSR count). The summed E-state index contributed by atoms with van der Waals surface area (Å²) in [4.78, 5) is 6.43. The Hall–Kier alpha value is -2.94. The normalized spacial score (nSPS) is 21.3. The monoisotopic (exact) mass is 444 g/mol. The first-order valence-corrected chi connectivity index (χ1v) is 11.8. The van der Waals surface area contributed by atoms with Gasteiger partial charge in [-0.25, -0.2) is 8.42 Å². The molecule has 0 bridgehead atoms. The van der Waals surface area contributed by atoms with Crippen LogP contribution in [-0.4, -0.2) is 39.7 Å². The van der Waals surface area contributed by atoms with Gasteiger partial charge in [0.15, 0.2) is 17.3 Å². The van der Waals surface area contributed by atoms with Crippen LogP contribution in [0, 0.1) is 11.8 Å². The van der Waals surface area contributed by atoms with Crippen LogP contribution in [0.25, 0.3) is 11.7 Å². The Morgan fingerprint density at radius 2 is 1.77 bits per heavy atom. The number of furan rings is 1. The maximum Gasteiger partial charge on any atom is 0.266 e. The smallest absolute Gasteiger partial charge is 0.266 e. The summed E-state index contributed by atoms with van der Waals surface area (Å²) < 4.78 is 49.8. The Labute approximate surface area is 180 Å². The van der Waals surface area contributed by atoms with E-state index in [0.29, 0.717) is 55.4 Å². The lowest BCUT2D eigenvalue weighted by molar-refractivity contribution is 0.171. The third-order valence-electron chi connectivity index (χ3n) is 5.55. The maximum atomic E-state index is 13.7. The standard InChI is InChI=1S/C22H24N2O6S/c1-14-10-15(2)13-24(12-14)22-21(23-20(30-22)18-4-3-7-27-18)31(25,26)16-5-6-17-19(11-16)29-9-8-28-17/h3-7,11,14-15H,8-10,12-13H2,1-2H3. The van der Waals surface area contributed by atoms with Crippen LogP contribution in [0.1, 0.15) is 20.3 Å². The molecular formula is C22H24N2O6S. The number of ether oxygens (including phenoxy) is 2. The second-order valence-electron chi connectivity index (χ2n) is 8.27. The summed E-state index contributed by atoms with van der Waals surface area (Å²) in [5.41, 5.74) is 0. The summed E-state index contributed by atoms with van der Waals surface area (Å²) in [7, 11) is -3.98. The SMILES string of the molecule is CC1CC(C)CN(c2oc(-c3ccco3)nc2S(=O)(=O)c2ccc3c(c2)OCCO3)C1. The lowest BCUT2D eigenvalue weighted by Crippen LogP contribution is -2.39. The zero-order valence-electron chi connectivity index (χ0n) is 17.4. The van der Waals surface area contributed by atoms with Crippen molar-refractivity contribution in [1.29, 1.82) is 0 Å². The molecule has 0 N–H and O–H groups in total. The van der Waals surface area contributed by atoms with Crippen LogP contribution < -0.4 is 14.4 Å². The molecule has 0 spiro atoms. The fourth-order valence-electron chi connectivity index (χ4n) is 4.31. The number of hydrogen-bond donors (Lipinski definition) is 0. The molecular weight excluding hydrogens is 420 g/mol. The summed E-state index contributed by atoms with van der Waals surface area (Å²) in [6.45, 7) is 6.51. The van der Waals surface area contributed by atoms with E-state index in [2.05, 4.69) is 18.8 Å². The first-order chi connectivity index (χ1) is 14.9. The second kappa shape index (κ2) is 7.64. The fourth-order valence-corrected chi connectivity index (χ4v) is 5.65. The Morgan fingerprint density at radius 3 is 2.48 bits per heavy atom. The minimum Gasteiger partial charge on any atom is -0.486 e. The van der Waals surface area contributed by atoms with E-state index in [-0.39, 0.29) is 21.7 Å². The molecule has 0 aliphatic carbocycles. The second-order valence-corrected chi connectivity index (χ2v) is 10.1. The predicted molar refractivity (Wildman–Crippen MR) is 112 cm³/mol. The van der Waals surface area contributed by atoms with Gasteiger partial charge in [-0.05, 0) is 42.5 Å². The first-order valence-electron chi connectivity index (χ1n) is 10.4. The molecule has 2 unspecified atom stereocenters.